The van der Waals surface area contributed by atoms with Crippen LogP contribution in [-0.4, -0.2) is 55.0 Å². The van der Waals surface area contributed by atoms with E-state index in [1.165, 1.54) is 0 Å². The normalized spacial score (nSPS) is 14.0. The van der Waals surface area contributed by atoms with Crippen molar-refractivity contribution in [2.24, 2.45) is 7.05 Å². The number of aromatic nitrogens is 2. The van der Waals surface area contributed by atoms with Crippen LogP contribution in [0.15, 0.2) is 30.6 Å². The van der Waals surface area contributed by atoms with Crippen molar-refractivity contribution < 1.29 is 19.0 Å². The van der Waals surface area contributed by atoms with E-state index in [-0.39, 0.29) is 5.91 Å². The molecule has 1 aliphatic rings. The molecule has 3 rings (SSSR count). The van der Waals surface area contributed by atoms with Crippen LogP contribution in [-0.2, 0) is 7.05 Å². The monoisotopic (exact) mass is 357 g/mol. The third kappa shape index (κ3) is 3.37. The Morgan fingerprint density at radius 3 is 2.27 bits per heavy atom. The molecule has 1 aromatic carbocycles. The number of hydrogen-bond donors (Lipinski definition) is 0. The fourth-order valence-corrected chi connectivity index (χ4v) is 3.12. The second-order valence-electron chi connectivity index (χ2n) is 6.04. The molecule has 0 unspecified atom stereocenters. The standard InChI is InChI=1S/C19H23N3O4/c1-21-12-14(11-20-21)19(23)22-7-5-13(6-8-22)18-16(25-3)9-15(24-2)10-17(18)26-4/h5,9-12H,6-8H2,1-4H3. The Labute approximate surface area is 152 Å². The fraction of sp³-hybridized carbons (Fsp3) is 0.368. The van der Waals surface area contributed by atoms with Crippen LogP contribution in [0.2, 0.25) is 0 Å². The summed E-state index contributed by atoms with van der Waals surface area (Å²) in [4.78, 5) is 14.4. The van der Waals surface area contributed by atoms with Crippen LogP contribution in [0, 0.1) is 0 Å². The van der Waals surface area contributed by atoms with Gasteiger partial charge >= 0.3 is 0 Å². The Kier molecular flexibility index (Phi) is 5.16. The molecule has 0 spiro atoms. The fourth-order valence-electron chi connectivity index (χ4n) is 3.12. The van der Waals surface area contributed by atoms with Crippen LogP contribution in [0.25, 0.3) is 5.57 Å². The molecular formula is C19H23N3O4. The highest BCUT2D eigenvalue weighted by atomic mass is 16.5. The van der Waals surface area contributed by atoms with Crippen molar-refractivity contribution in [1.29, 1.82) is 0 Å². The largest absolute Gasteiger partial charge is 0.496 e. The summed E-state index contributed by atoms with van der Waals surface area (Å²) in [5.41, 5.74) is 2.60. The molecule has 1 amide bonds. The van der Waals surface area contributed by atoms with E-state index >= 15 is 0 Å². The van der Waals surface area contributed by atoms with Gasteiger partial charge in [-0.2, -0.15) is 5.10 Å². The maximum atomic E-state index is 12.6. The number of benzene rings is 1. The predicted molar refractivity (Wildman–Crippen MR) is 97.8 cm³/mol. The van der Waals surface area contributed by atoms with Gasteiger partial charge in [0, 0.05) is 38.5 Å². The average molecular weight is 357 g/mol. The maximum absolute atomic E-state index is 12.6. The number of nitrogens with zero attached hydrogens (tertiary/aromatic N) is 3. The molecule has 0 radical (unpaired) electrons. The molecule has 0 saturated heterocycles. The SMILES string of the molecule is COc1cc(OC)c(C2=CCN(C(=O)c3cnn(C)c3)CC2)c(OC)c1. The molecule has 0 saturated carbocycles. The highest BCUT2D eigenvalue weighted by Crippen LogP contribution is 2.40. The lowest BCUT2D eigenvalue weighted by molar-refractivity contribution is 0.0773. The van der Waals surface area contributed by atoms with Gasteiger partial charge in [0.2, 0.25) is 0 Å². The van der Waals surface area contributed by atoms with Gasteiger partial charge in [0.25, 0.3) is 5.91 Å². The van der Waals surface area contributed by atoms with Crippen LogP contribution in [0.1, 0.15) is 22.3 Å². The van der Waals surface area contributed by atoms with Crippen molar-refractivity contribution in [3.8, 4) is 17.2 Å². The van der Waals surface area contributed by atoms with Crippen LogP contribution < -0.4 is 14.2 Å². The van der Waals surface area contributed by atoms with E-state index in [4.69, 9.17) is 14.2 Å². The van der Waals surface area contributed by atoms with E-state index in [0.717, 1.165) is 11.1 Å². The highest BCUT2D eigenvalue weighted by Gasteiger charge is 2.24. The third-order valence-electron chi connectivity index (χ3n) is 4.48. The molecule has 0 N–H and O–H groups in total. The molecular weight excluding hydrogens is 334 g/mol. The van der Waals surface area contributed by atoms with Gasteiger partial charge in [-0.05, 0) is 12.0 Å². The zero-order valence-corrected chi connectivity index (χ0v) is 15.5. The number of hydrogen-bond acceptors (Lipinski definition) is 5. The van der Waals surface area contributed by atoms with Crippen molar-refractivity contribution in [2.75, 3.05) is 34.4 Å². The third-order valence-corrected chi connectivity index (χ3v) is 4.48. The van der Waals surface area contributed by atoms with E-state index in [2.05, 4.69) is 5.10 Å². The number of carbonyl (C=O) groups is 1. The van der Waals surface area contributed by atoms with E-state index in [1.54, 1.807) is 45.5 Å². The second kappa shape index (κ2) is 7.51. The molecule has 0 aliphatic carbocycles. The van der Waals surface area contributed by atoms with Gasteiger partial charge in [0.15, 0.2) is 0 Å². The van der Waals surface area contributed by atoms with Crippen molar-refractivity contribution in [2.45, 2.75) is 6.42 Å². The average Bonchev–Trinajstić information content (AvgIpc) is 3.12. The van der Waals surface area contributed by atoms with Crippen LogP contribution in [0.5, 0.6) is 17.2 Å². The lowest BCUT2D eigenvalue weighted by Gasteiger charge is -2.27. The Morgan fingerprint density at radius 2 is 1.81 bits per heavy atom. The number of methoxy groups -OCH3 is 3. The van der Waals surface area contributed by atoms with Crippen molar-refractivity contribution in [3.63, 3.8) is 0 Å². The zero-order chi connectivity index (χ0) is 18.7. The number of carbonyl (C=O) groups excluding carboxylic acids is 1. The van der Waals surface area contributed by atoms with E-state index in [9.17, 15) is 4.79 Å². The van der Waals surface area contributed by atoms with Gasteiger partial charge in [0.1, 0.15) is 17.2 Å². The van der Waals surface area contributed by atoms with Gasteiger partial charge in [-0.3, -0.25) is 9.48 Å². The van der Waals surface area contributed by atoms with Crippen molar-refractivity contribution in [3.05, 3.63) is 41.7 Å². The van der Waals surface area contributed by atoms with Crippen molar-refractivity contribution >= 4 is 11.5 Å². The molecule has 2 aromatic rings. The molecule has 7 nitrogen and oxygen atoms in total. The second-order valence-corrected chi connectivity index (χ2v) is 6.04. The Bertz CT molecular complexity index is 816. The molecule has 0 atom stereocenters. The molecule has 0 bridgehead atoms. The molecule has 1 aromatic heterocycles. The molecule has 138 valence electrons. The van der Waals surface area contributed by atoms with Gasteiger partial charge in [-0.1, -0.05) is 6.08 Å². The first-order valence-electron chi connectivity index (χ1n) is 8.34. The lowest BCUT2D eigenvalue weighted by Crippen LogP contribution is -2.34. The summed E-state index contributed by atoms with van der Waals surface area (Å²) >= 11 is 0. The Morgan fingerprint density at radius 1 is 1.12 bits per heavy atom. The van der Waals surface area contributed by atoms with Crippen molar-refractivity contribution in [1.82, 2.24) is 14.7 Å². The summed E-state index contributed by atoms with van der Waals surface area (Å²) in [7, 11) is 6.65. The van der Waals surface area contributed by atoms with E-state index in [1.807, 2.05) is 23.1 Å². The summed E-state index contributed by atoms with van der Waals surface area (Å²) in [6, 6.07) is 3.68. The topological polar surface area (TPSA) is 65.8 Å². The van der Waals surface area contributed by atoms with E-state index in [0.29, 0.717) is 42.3 Å². The smallest absolute Gasteiger partial charge is 0.257 e. The number of ether oxygens (including phenoxy) is 3. The first-order valence-corrected chi connectivity index (χ1v) is 8.34. The van der Waals surface area contributed by atoms with Crippen LogP contribution >= 0.6 is 0 Å². The van der Waals surface area contributed by atoms with Gasteiger partial charge < -0.3 is 19.1 Å². The summed E-state index contributed by atoms with van der Waals surface area (Å²) in [6.45, 7) is 1.15. The predicted octanol–water partition coefficient (Wildman–Crippen LogP) is 2.38. The van der Waals surface area contributed by atoms with Crippen LogP contribution in [0.4, 0.5) is 0 Å². The van der Waals surface area contributed by atoms with Crippen LogP contribution in [0.3, 0.4) is 0 Å². The minimum absolute atomic E-state index is 0.0120. The quantitative estimate of drug-likeness (QED) is 0.822. The molecule has 26 heavy (non-hydrogen) atoms. The van der Waals surface area contributed by atoms with Gasteiger partial charge in [0.05, 0.1) is 38.7 Å². The summed E-state index contributed by atoms with van der Waals surface area (Å²) in [5, 5.41) is 4.07. The zero-order valence-electron chi connectivity index (χ0n) is 15.5. The lowest BCUT2D eigenvalue weighted by atomic mass is 9.97. The summed E-state index contributed by atoms with van der Waals surface area (Å²) in [5.74, 6) is 2.05. The first-order chi connectivity index (χ1) is 12.6. The number of aryl methyl sites for hydroxylation is 1. The number of amides is 1. The minimum Gasteiger partial charge on any atom is -0.496 e. The molecule has 0 fully saturated rings. The summed E-state index contributed by atoms with van der Waals surface area (Å²) in [6.07, 6.45) is 6.09. The van der Waals surface area contributed by atoms with E-state index < -0.39 is 0 Å². The maximum Gasteiger partial charge on any atom is 0.257 e. The number of rotatable bonds is 5. The van der Waals surface area contributed by atoms with Gasteiger partial charge in [-0.25, -0.2) is 0 Å². The first kappa shape index (κ1) is 17.8. The molecule has 2 heterocycles. The Hall–Kier alpha value is -2.96. The van der Waals surface area contributed by atoms with Gasteiger partial charge in [-0.15, -0.1) is 0 Å². The summed E-state index contributed by atoms with van der Waals surface area (Å²) < 4.78 is 18.0. The minimum atomic E-state index is -0.0120. The molecule has 1 aliphatic heterocycles. The molecule has 7 heteroatoms. The highest BCUT2D eigenvalue weighted by molar-refractivity contribution is 5.94. The Balaban J connectivity index is 1.86.